The molecular formula is C8H10N2O. The van der Waals surface area contributed by atoms with E-state index in [4.69, 9.17) is 5.73 Å². The average Bonchev–Trinajstić information content (AvgIpc) is 2.04. The van der Waals surface area contributed by atoms with Gasteiger partial charge < -0.3 is 5.73 Å². The molecule has 1 heterocycles. The van der Waals surface area contributed by atoms with E-state index in [0.717, 1.165) is 12.1 Å². The third-order valence-corrected chi connectivity index (χ3v) is 1.51. The van der Waals surface area contributed by atoms with Crippen molar-refractivity contribution in [3.8, 4) is 0 Å². The second-order valence-corrected chi connectivity index (χ2v) is 2.28. The number of hydrogen-bond donors (Lipinski definition) is 1. The van der Waals surface area contributed by atoms with Gasteiger partial charge in [0.2, 0.25) is 0 Å². The van der Waals surface area contributed by atoms with E-state index in [1.54, 1.807) is 6.07 Å². The Hall–Kier alpha value is -1.38. The van der Waals surface area contributed by atoms with Crippen molar-refractivity contribution in [2.75, 3.05) is 5.73 Å². The van der Waals surface area contributed by atoms with E-state index in [1.165, 1.54) is 6.20 Å². The highest BCUT2D eigenvalue weighted by molar-refractivity contribution is 5.82. The zero-order valence-electron chi connectivity index (χ0n) is 6.37. The maximum atomic E-state index is 10.3. The standard InChI is InChI=1S/C8H10N2O/c1-2-7-3-8(9)6(5-11)4-10-7/h3-5H,2H2,1H3,(H2,9,10). The lowest BCUT2D eigenvalue weighted by atomic mass is 10.2. The largest absolute Gasteiger partial charge is 0.398 e. The molecule has 0 aromatic carbocycles. The number of pyridine rings is 1. The van der Waals surface area contributed by atoms with Crippen LogP contribution in [0.25, 0.3) is 0 Å². The van der Waals surface area contributed by atoms with Gasteiger partial charge >= 0.3 is 0 Å². The van der Waals surface area contributed by atoms with Crippen molar-refractivity contribution in [3.05, 3.63) is 23.5 Å². The van der Waals surface area contributed by atoms with Crippen LogP contribution in [0.2, 0.25) is 0 Å². The number of anilines is 1. The fourth-order valence-corrected chi connectivity index (χ4v) is 0.819. The Morgan fingerprint density at radius 3 is 2.91 bits per heavy atom. The van der Waals surface area contributed by atoms with Crippen LogP contribution in [-0.2, 0) is 6.42 Å². The van der Waals surface area contributed by atoms with Crippen LogP contribution in [-0.4, -0.2) is 11.3 Å². The molecule has 0 spiro atoms. The Bertz CT molecular complexity index is 271. The molecule has 0 aliphatic rings. The van der Waals surface area contributed by atoms with Gasteiger partial charge in [0, 0.05) is 17.6 Å². The first kappa shape index (κ1) is 7.72. The highest BCUT2D eigenvalue weighted by Crippen LogP contribution is 2.09. The zero-order valence-corrected chi connectivity index (χ0v) is 6.37. The molecule has 0 aliphatic heterocycles. The molecule has 3 heteroatoms. The molecule has 0 atom stereocenters. The smallest absolute Gasteiger partial charge is 0.153 e. The quantitative estimate of drug-likeness (QED) is 0.641. The molecule has 3 nitrogen and oxygen atoms in total. The molecule has 1 aromatic rings. The summed E-state index contributed by atoms with van der Waals surface area (Å²) in [4.78, 5) is 14.3. The number of aldehydes is 1. The molecule has 0 amide bonds. The molecule has 0 unspecified atom stereocenters. The van der Waals surface area contributed by atoms with Crippen LogP contribution in [0.15, 0.2) is 12.3 Å². The van der Waals surface area contributed by atoms with E-state index in [2.05, 4.69) is 4.98 Å². The van der Waals surface area contributed by atoms with Crippen molar-refractivity contribution in [3.63, 3.8) is 0 Å². The lowest BCUT2D eigenvalue weighted by Crippen LogP contribution is -1.96. The van der Waals surface area contributed by atoms with Gasteiger partial charge in [-0.1, -0.05) is 6.92 Å². The van der Waals surface area contributed by atoms with Crippen LogP contribution < -0.4 is 5.73 Å². The van der Waals surface area contributed by atoms with Gasteiger partial charge in [-0.05, 0) is 12.5 Å². The van der Waals surface area contributed by atoms with E-state index in [0.29, 0.717) is 17.5 Å². The summed E-state index contributed by atoms with van der Waals surface area (Å²) in [5.41, 5.74) is 7.41. The summed E-state index contributed by atoms with van der Waals surface area (Å²) in [5, 5.41) is 0. The first-order valence-electron chi connectivity index (χ1n) is 3.47. The van der Waals surface area contributed by atoms with Crippen LogP contribution in [0.1, 0.15) is 23.0 Å². The minimum Gasteiger partial charge on any atom is -0.398 e. The third kappa shape index (κ3) is 1.55. The molecule has 0 saturated carbocycles. The zero-order chi connectivity index (χ0) is 8.27. The summed E-state index contributed by atoms with van der Waals surface area (Å²) in [6.45, 7) is 1.99. The van der Waals surface area contributed by atoms with Gasteiger partial charge in [-0.2, -0.15) is 0 Å². The number of nitrogens with zero attached hydrogens (tertiary/aromatic N) is 1. The number of hydrogen-bond acceptors (Lipinski definition) is 3. The third-order valence-electron chi connectivity index (χ3n) is 1.51. The van der Waals surface area contributed by atoms with Crippen LogP contribution >= 0.6 is 0 Å². The second-order valence-electron chi connectivity index (χ2n) is 2.28. The number of carbonyl (C=O) groups excluding carboxylic acids is 1. The lowest BCUT2D eigenvalue weighted by Gasteiger charge is -1.99. The van der Waals surface area contributed by atoms with Gasteiger partial charge in [-0.25, -0.2) is 0 Å². The van der Waals surface area contributed by atoms with E-state index >= 15 is 0 Å². The summed E-state index contributed by atoms with van der Waals surface area (Å²) in [7, 11) is 0. The molecule has 1 aromatic heterocycles. The minimum absolute atomic E-state index is 0.460. The van der Waals surface area contributed by atoms with Crippen molar-refractivity contribution in [2.45, 2.75) is 13.3 Å². The Balaban J connectivity index is 3.09. The highest BCUT2D eigenvalue weighted by atomic mass is 16.1. The molecule has 0 radical (unpaired) electrons. The summed E-state index contributed by atoms with van der Waals surface area (Å²) in [5.74, 6) is 0. The van der Waals surface area contributed by atoms with Gasteiger partial charge in [-0.15, -0.1) is 0 Å². The Labute approximate surface area is 65.2 Å². The summed E-state index contributed by atoms with van der Waals surface area (Å²) in [6, 6.07) is 1.73. The van der Waals surface area contributed by atoms with Crippen LogP contribution in [0.4, 0.5) is 5.69 Å². The molecule has 0 aliphatic carbocycles. The second kappa shape index (κ2) is 3.14. The molecule has 58 valence electrons. The number of nitrogens with two attached hydrogens (primary N) is 1. The Morgan fingerprint density at radius 2 is 2.45 bits per heavy atom. The lowest BCUT2D eigenvalue weighted by molar-refractivity contribution is 0.112. The van der Waals surface area contributed by atoms with E-state index < -0.39 is 0 Å². The van der Waals surface area contributed by atoms with E-state index in [9.17, 15) is 4.79 Å². The predicted molar refractivity (Wildman–Crippen MR) is 43.4 cm³/mol. The predicted octanol–water partition coefficient (Wildman–Crippen LogP) is 1.04. The van der Waals surface area contributed by atoms with Crippen molar-refractivity contribution >= 4 is 12.0 Å². The maximum Gasteiger partial charge on any atom is 0.153 e. The van der Waals surface area contributed by atoms with E-state index in [-0.39, 0.29) is 0 Å². The van der Waals surface area contributed by atoms with Gasteiger partial charge in [-0.3, -0.25) is 9.78 Å². The van der Waals surface area contributed by atoms with Crippen molar-refractivity contribution in [1.29, 1.82) is 0 Å². The summed E-state index contributed by atoms with van der Waals surface area (Å²) >= 11 is 0. The van der Waals surface area contributed by atoms with E-state index in [1.807, 2.05) is 6.92 Å². The van der Waals surface area contributed by atoms with Crippen molar-refractivity contribution in [1.82, 2.24) is 4.98 Å². The number of rotatable bonds is 2. The van der Waals surface area contributed by atoms with Crippen LogP contribution in [0.5, 0.6) is 0 Å². The molecule has 11 heavy (non-hydrogen) atoms. The number of nitrogen functional groups attached to an aromatic ring is 1. The van der Waals surface area contributed by atoms with Crippen molar-refractivity contribution < 1.29 is 4.79 Å². The fourth-order valence-electron chi connectivity index (χ4n) is 0.819. The normalized spacial score (nSPS) is 9.55. The minimum atomic E-state index is 0.460. The van der Waals surface area contributed by atoms with Crippen molar-refractivity contribution in [2.24, 2.45) is 0 Å². The van der Waals surface area contributed by atoms with Crippen LogP contribution in [0, 0.1) is 0 Å². The molecular weight excluding hydrogens is 140 g/mol. The van der Waals surface area contributed by atoms with Gasteiger partial charge in [0.15, 0.2) is 6.29 Å². The Morgan fingerprint density at radius 1 is 1.73 bits per heavy atom. The first-order valence-corrected chi connectivity index (χ1v) is 3.47. The highest BCUT2D eigenvalue weighted by Gasteiger charge is 1.98. The summed E-state index contributed by atoms with van der Waals surface area (Å²) < 4.78 is 0. The molecule has 1 rings (SSSR count). The molecule has 0 saturated heterocycles. The molecule has 0 bridgehead atoms. The molecule has 0 fully saturated rings. The first-order chi connectivity index (χ1) is 5.27. The van der Waals surface area contributed by atoms with Crippen LogP contribution in [0.3, 0.4) is 0 Å². The molecule has 2 N–H and O–H groups in total. The monoisotopic (exact) mass is 150 g/mol. The van der Waals surface area contributed by atoms with Gasteiger partial charge in [0.05, 0.1) is 5.56 Å². The average molecular weight is 150 g/mol. The SMILES string of the molecule is CCc1cc(N)c(C=O)cn1. The topological polar surface area (TPSA) is 56.0 Å². The van der Waals surface area contributed by atoms with Gasteiger partial charge in [0.1, 0.15) is 0 Å². The fraction of sp³-hybridized carbons (Fsp3) is 0.250. The number of carbonyl (C=O) groups is 1. The van der Waals surface area contributed by atoms with Gasteiger partial charge in [0.25, 0.3) is 0 Å². The Kier molecular flexibility index (Phi) is 2.21. The summed E-state index contributed by atoms with van der Waals surface area (Å²) in [6.07, 6.45) is 3.05. The maximum absolute atomic E-state index is 10.3. The number of aromatic nitrogens is 1. The number of aryl methyl sites for hydroxylation is 1.